The zero-order chi connectivity index (χ0) is 13.2. The summed E-state index contributed by atoms with van der Waals surface area (Å²) in [6, 6.07) is 7.06. The fourth-order valence-electron chi connectivity index (χ4n) is 2.74. The van der Waals surface area contributed by atoms with Crippen molar-refractivity contribution in [2.45, 2.75) is 19.4 Å². The van der Waals surface area contributed by atoms with Crippen LogP contribution >= 0.6 is 0 Å². The number of nitro groups is 1. The first kappa shape index (κ1) is 12.2. The Morgan fingerprint density at radius 3 is 2.68 bits per heavy atom. The van der Waals surface area contributed by atoms with Crippen LogP contribution in [-0.4, -0.2) is 34.0 Å². The summed E-state index contributed by atoms with van der Waals surface area (Å²) >= 11 is 0. The lowest BCUT2D eigenvalue weighted by Crippen LogP contribution is -2.23. The zero-order valence-electron chi connectivity index (χ0n) is 10.8. The third-order valence-electron chi connectivity index (χ3n) is 3.82. The molecule has 1 fully saturated rings. The fourth-order valence-corrected chi connectivity index (χ4v) is 2.74. The second-order valence-electron chi connectivity index (χ2n) is 5.06. The second kappa shape index (κ2) is 5.01. The van der Waals surface area contributed by atoms with Crippen molar-refractivity contribution in [2.24, 2.45) is 0 Å². The third-order valence-corrected chi connectivity index (χ3v) is 3.82. The minimum Gasteiger partial charge on any atom is -0.346 e. The predicted octanol–water partition coefficient (Wildman–Crippen LogP) is 2.65. The summed E-state index contributed by atoms with van der Waals surface area (Å²) < 4.78 is 2.11. The van der Waals surface area contributed by atoms with Gasteiger partial charge in [-0.05, 0) is 38.1 Å². The van der Waals surface area contributed by atoms with Crippen LogP contribution in [0, 0.1) is 10.1 Å². The Morgan fingerprint density at radius 1 is 1.16 bits per heavy atom. The Morgan fingerprint density at radius 2 is 1.95 bits per heavy atom. The molecule has 2 heterocycles. The van der Waals surface area contributed by atoms with Gasteiger partial charge < -0.3 is 9.47 Å². The highest BCUT2D eigenvalue weighted by molar-refractivity contribution is 5.82. The van der Waals surface area contributed by atoms with Gasteiger partial charge in [0.25, 0.3) is 5.69 Å². The Balaban J connectivity index is 1.81. The van der Waals surface area contributed by atoms with Gasteiger partial charge >= 0.3 is 0 Å². The van der Waals surface area contributed by atoms with Gasteiger partial charge in [-0.25, -0.2) is 0 Å². The lowest BCUT2D eigenvalue weighted by Gasteiger charge is -2.15. The highest BCUT2D eigenvalue weighted by Crippen LogP contribution is 2.22. The van der Waals surface area contributed by atoms with Gasteiger partial charge in [-0.3, -0.25) is 10.1 Å². The van der Waals surface area contributed by atoms with E-state index in [0.717, 1.165) is 24.0 Å². The number of hydrogen-bond acceptors (Lipinski definition) is 3. The van der Waals surface area contributed by atoms with Gasteiger partial charge in [-0.15, -0.1) is 0 Å². The van der Waals surface area contributed by atoms with Gasteiger partial charge in [-0.2, -0.15) is 0 Å². The van der Waals surface area contributed by atoms with E-state index in [1.54, 1.807) is 12.1 Å². The number of fused-ring (bicyclic) bond motifs is 1. The molecule has 0 spiro atoms. The lowest BCUT2D eigenvalue weighted by atomic mass is 10.2. The number of likely N-dealkylation sites (tertiary alicyclic amines) is 1. The van der Waals surface area contributed by atoms with E-state index >= 15 is 0 Å². The molecule has 3 rings (SSSR count). The summed E-state index contributed by atoms with van der Waals surface area (Å²) in [4.78, 5) is 12.9. The van der Waals surface area contributed by atoms with E-state index in [2.05, 4.69) is 9.47 Å². The van der Waals surface area contributed by atoms with Crippen LogP contribution in [0.2, 0.25) is 0 Å². The molecule has 19 heavy (non-hydrogen) atoms. The molecule has 2 aromatic rings. The Labute approximate surface area is 111 Å². The number of hydrogen-bond donors (Lipinski definition) is 0. The number of nitrogens with zero attached hydrogens (tertiary/aromatic N) is 3. The normalized spacial score (nSPS) is 16.2. The minimum atomic E-state index is -0.336. The van der Waals surface area contributed by atoms with Gasteiger partial charge in [-0.1, -0.05) is 0 Å². The van der Waals surface area contributed by atoms with Crippen LogP contribution in [0.3, 0.4) is 0 Å². The van der Waals surface area contributed by atoms with Crippen molar-refractivity contribution in [2.75, 3.05) is 19.6 Å². The van der Waals surface area contributed by atoms with E-state index in [4.69, 9.17) is 0 Å². The molecule has 0 radical (unpaired) electrons. The van der Waals surface area contributed by atoms with Crippen molar-refractivity contribution >= 4 is 16.6 Å². The molecule has 1 aliphatic heterocycles. The highest BCUT2D eigenvalue weighted by atomic mass is 16.6. The summed E-state index contributed by atoms with van der Waals surface area (Å²) in [6.07, 6.45) is 4.60. The number of rotatable bonds is 4. The average Bonchev–Trinajstić information content (AvgIpc) is 3.05. The van der Waals surface area contributed by atoms with Crippen molar-refractivity contribution in [3.05, 3.63) is 40.6 Å². The van der Waals surface area contributed by atoms with Gasteiger partial charge in [0.2, 0.25) is 0 Å². The number of aromatic nitrogens is 1. The molecule has 1 aromatic heterocycles. The molecule has 1 saturated heterocycles. The molecule has 0 bridgehead atoms. The van der Waals surface area contributed by atoms with Crippen LogP contribution in [0.1, 0.15) is 12.8 Å². The summed E-state index contributed by atoms with van der Waals surface area (Å²) in [7, 11) is 0. The molecule has 0 aliphatic carbocycles. The van der Waals surface area contributed by atoms with Gasteiger partial charge in [0, 0.05) is 36.8 Å². The van der Waals surface area contributed by atoms with Crippen molar-refractivity contribution in [3.8, 4) is 0 Å². The van der Waals surface area contributed by atoms with Crippen molar-refractivity contribution in [1.29, 1.82) is 0 Å². The summed E-state index contributed by atoms with van der Waals surface area (Å²) in [6.45, 7) is 4.27. The van der Waals surface area contributed by atoms with E-state index in [-0.39, 0.29) is 10.6 Å². The largest absolute Gasteiger partial charge is 0.346 e. The van der Waals surface area contributed by atoms with Gasteiger partial charge in [0.05, 0.1) is 10.4 Å². The quantitative estimate of drug-likeness (QED) is 0.626. The smallest absolute Gasteiger partial charge is 0.271 e. The molecule has 0 atom stereocenters. The summed E-state index contributed by atoms with van der Waals surface area (Å²) in [5.41, 5.74) is 1.11. The van der Waals surface area contributed by atoms with Crippen molar-refractivity contribution in [3.63, 3.8) is 0 Å². The molecular weight excluding hydrogens is 242 g/mol. The molecule has 1 aliphatic rings. The third kappa shape index (κ3) is 2.46. The van der Waals surface area contributed by atoms with Crippen LogP contribution in [-0.2, 0) is 6.54 Å². The number of non-ortho nitro benzene ring substituents is 1. The van der Waals surface area contributed by atoms with E-state index < -0.39 is 0 Å². The SMILES string of the molecule is O=[N+]([O-])c1ccc2ccn(CCN3CCCC3)c2c1. The standard InChI is InChI=1S/C14H17N3O2/c18-17(19)13-4-3-12-5-8-16(14(12)11-13)10-9-15-6-1-2-7-15/h3-5,8,11H,1-2,6-7,9-10H2. The van der Waals surface area contributed by atoms with Crippen LogP contribution < -0.4 is 0 Å². The molecular formula is C14H17N3O2. The molecule has 5 nitrogen and oxygen atoms in total. The molecule has 0 unspecified atom stereocenters. The van der Waals surface area contributed by atoms with Gasteiger partial charge in [0.1, 0.15) is 0 Å². The van der Waals surface area contributed by atoms with E-state index in [1.165, 1.54) is 25.9 Å². The van der Waals surface area contributed by atoms with Gasteiger partial charge in [0.15, 0.2) is 0 Å². The second-order valence-corrected chi connectivity index (χ2v) is 5.06. The Hall–Kier alpha value is -1.88. The van der Waals surface area contributed by atoms with Crippen molar-refractivity contribution in [1.82, 2.24) is 9.47 Å². The van der Waals surface area contributed by atoms with Crippen LogP contribution in [0.4, 0.5) is 5.69 Å². The lowest BCUT2D eigenvalue weighted by molar-refractivity contribution is -0.384. The molecule has 5 heteroatoms. The fraction of sp³-hybridized carbons (Fsp3) is 0.429. The van der Waals surface area contributed by atoms with Crippen LogP contribution in [0.15, 0.2) is 30.5 Å². The highest BCUT2D eigenvalue weighted by Gasteiger charge is 2.12. The Kier molecular flexibility index (Phi) is 3.21. The maximum atomic E-state index is 10.8. The summed E-state index contributed by atoms with van der Waals surface area (Å²) in [5.74, 6) is 0. The number of nitro benzene ring substituents is 1. The van der Waals surface area contributed by atoms with E-state index in [9.17, 15) is 10.1 Å². The van der Waals surface area contributed by atoms with E-state index in [0.29, 0.717) is 0 Å². The topological polar surface area (TPSA) is 51.3 Å². The molecule has 0 saturated carbocycles. The molecule has 100 valence electrons. The zero-order valence-corrected chi connectivity index (χ0v) is 10.8. The molecule has 0 amide bonds. The summed E-state index contributed by atoms with van der Waals surface area (Å²) in [5, 5.41) is 11.9. The number of benzene rings is 1. The van der Waals surface area contributed by atoms with E-state index in [1.807, 2.05) is 18.3 Å². The minimum absolute atomic E-state index is 0.161. The monoisotopic (exact) mass is 259 g/mol. The van der Waals surface area contributed by atoms with Crippen molar-refractivity contribution < 1.29 is 4.92 Å². The molecule has 0 N–H and O–H groups in total. The maximum absolute atomic E-state index is 10.8. The van der Waals surface area contributed by atoms with Crippen LogP contribution in [0.5, 0.6) is 0 Å². The maximum Gasteiger partial charge on any atom is 0.271 e. The molecule has 1 aromatic carbocycles. The average molecular weight is 259 g/mol. The van der Waals surface area contributed by atoms with Crippen LogP contribution in [0.25, 0.3) is 10.9 Å². The first-order valence-corrected chi connectivity index (χ1v) is 6.70. The first-order valence-electron chi connectivity index (χ1n) is 6.70. The Bertz CT molecular complexity index is 600. The predicted molar refractivity (Wildman–Crippen MR) is 74.3 cm³/mol. The first-order chi connectivity index (χ1) is 9.24.